The highest BCUT2D eigenvalue weighted by Gasteiger charge is 2.38. The van der Waals surface area contributed by atoms with Crippen LogP contribution >= 0.6 is 22.9 Å². The Kier molecular flexibility index (Phi) is 3.96. The molecule has 0 aliphatic heterocycles. The van der Waals surface area contributed by atoms with E-state index in [1.807, 2.05) is 13.0 Å². The second-order valence-electron chi connectivity index (χ2n) is 5.02. The van der Waals surface area contributed by atoms with E-state index in [0.717, 1.165) is 11.1 Å². The number of carbonyl (C=O) groups is 1. The Hall–Kier alpha value is -2.20. The van der Waals surface area contributed by atoms with E-state index in [-0.39, 0.29) is 9.97 Å². The Labute approximate surface area is 142 Å². The average Bonchev–Trinajstić information content (AvgIpc) is 3.00. The average molecular weight is 376 g/mol. The first-order valence-corrected chi connectivity index (χ1v) is 7.74. The molecule has 0 radical (unpaired) electrons. The predicted octanol–water partition coefficient (Wildman–Crippen LogP) is 3.73. The quantitative estimate of drug-likeness (QED) is 0.740. The zero-order chi connectivity index (χ0) is 17.6. The van der Waals surface area contributed by atoms with Gasteiger partial charge in [-0.15, -0.1) is 15.3 Å². The van der Waals surface area contributed by atoms with Crippen LogP contribution in [0.25, 0.3) is 4.96 Å². The lowest BCUT2D eigenvalue weighted by Crippen LogP contribution is -2.15. The third kappa shape index (κ3) is 2.94. The number of rotatable bonds is 2. The number of benzene rings is 1. The molecule has 0 aliphatic rings. The van der Waals surface area contributed by atoms with Gasteiger partial charge in [-0.25, -0.2) is 0 Å². The van der Waals surface area contributed by atoms with Crippen LogP contribution in [0.2, 0.25) is 5.02 Å². The van der Waals surface area contributed by atoms with Gasteiger partial charge in [-0.05, 0) is 31.0 Å². The Bertz CT molecular complexity index is 926. The van der Waals surface area contributed by atoms with Crippen molar-refractivity contribution in [2.75, 3.05) is 5.32 Å². The molecule has 0 atom stereocenters. The van der Waals surface area contributed by atoms with Crippen molar-refractivity contribution in [3.8, 4) is 0 Å². The Morgan fingerprint density at radius 2 is 2.00 bits per heavy atom. The van der Waals surface area contributed by atoms with E-state index in [1.165, 1.54) is 0 Å². The fourth-order valence-electron chi connectivity index (χ4n) is 2.13. The molecule has 24 heavy (non-hydrogen) atoms. The van der Waals surface area contributed by atoms with Crippen molar-refractivity contribution >= 4 is 39.5 Å². The van der Waals surface area contributed by atoms with E-state index in [9.17, 15) is 18.0 Å². The van der Waals surface area contributed by atoms with E-state index < -0.39 is 17.9 Å². The van der Waals surface area contributed by atoms with Crippen molar-refractivity contribution < 1.29 is 18.0 Å². The van der Waals surface area contributed by atoms with Crippen LogP contribution in [-0.2, 0) is 6.18 Å². The molecule has 0 unspecified atom stereocenters. The number of alkyl halides is 3. The zero-order valence-corrected chi connectivity index (χ0v) is 13.8. The summed E-state index contributed by atoms with van der Waals surface area (Å²) >= 11 is 6.80. The lowest BCUT2D eigenvalue weighted by atomic mass is 10.1. The number of hydrogen-bond acceptors (Lipinski definition) is 5. The van der Waals surface area contributed by atoms with E-state index in [0.29, 0.717) is 26.6 Å². The highest BCUT2D eigenvalue weighted by atomic mass is 35.5. The van der Waals surface area contributed by atoms with Crippen LogP contribution in [0, 0.1) is 13.8 Å². The van der Waals surface area contributed by atoms with Gasteiger partial charge in [0.25, 0.3) is 11.7 Å². The van der Waals surface area contributed by atoms with Crippen LogP contribution < -0.4 is 5.32 Å². The molecular weight excluding hydrogens is 367 g/mol. The number of halogens is 4. The molecule has 11 heteroatoms. The van der Waals surface area contributed by atoms with Gasteiger partial charge in [0.2, 0.25) is 9.97 Å². The topological polar surface area (TPSA) is 72.2 Å². The maximum atomic E-state index is 12.8. The van der Waals surface area contributed by atoms with Gasteiger partial charge >= 0.3 is 6.18 Å². The molecule has 1 amide bonds. The number of aromatic nitrogens is 4. The Morgan fingerprint density at radius 1 is 1.29 bits per heavy atom. The summed E-state index contributed by atoms with van der Waals surface area (Å²) in [6.45, 7) is 3.61. The number of amides is 1. The van der Waals surface area contributed by atoms with Crippen LogP contribution in [0.1, 0.15) is 26.8 Å². The van der Waals surface area contributed by atoms with Gasteiger partial charge in [-0.1, -0.05) is 29.0 Å². The van der Waals surface area contributed by atoms with Gasteiger partial charge in [-0.2, -0.15) is 17.7 Å². The molecule has 0 bridgehead atoms. The number of fused-ring (bicyclic) bond motifs is 1. The maximum Gasteiger partial charge on any atom is 0.453 e. The van der Waals surface area contributed by atoms with Gasteiger partial charge < -0.3 is 5.32 Å². The predicted molar refractivity (Wildman–Crippen MR) is 82.5 cm³/mol. The summed E-state index contributed by atoms with van der Waals surface area (Å²) in [5.74, 6) is -1.95. The molecule has 6 nitrogen and oxygen atoms in total. The van der Waals surface area contributed by atoms with Gasteiger partial charge in [0.05, 0.1) is 10.7 Å². The molecule has 2 aromatic heterocycles. The van der Waals surface area contributed by atoms with Gasteiger partial charge in [-0.3, -0.25) is 4.79 Å². The van der Waals surface area contributed by atoms with Gasteiger partial charge in [0.1, 0.15) is 0 Å². The zero-order valence-electron chi connectivity index (χ0n) is 12.3. The molecule has 3 rings (SSSR count). The van der Waals surface area contributed by atoms with Gasteiger partial charge in [0.15, 0.2) is 0 Å². The van der Waals surface area contributed by atoms with Crippen LogP contribution in [-0.4, -0.2) is 25.7 Å². The van der Waals surface area contributed by atoms with Crippen LogP contribution in [0.3, 0.4) is 0 Å². The molecule has 1 aromatic carbocycles. The largest absolute Gasteiger partial charge is 0.453 e. The van der Waals surface area contributed by atoms with Crippen LogP contribution in [0.5, 0.6) is 0 Å². The molecule has 3 aromatic rings. The third-order valence-corrected chi connectivity index (χ3v) is 4.30. The summed E-state index contributed by atoms with van der Waals surface area (Å²) in [5, 5.41) is 12.8. The number of aryl methyl sites for hydroxylation is 2. The fraction of sp³-hybridized carbons (Fsp3) is 0.231. The minimum atomic E-state index is -4.71. The summed E-state index contributed by atoms with van der Waals surface area (Å²) in [4.78, 5) is 12.1. The molecular formula is C13H9ClF3N5OS. The number of carbonyl (C=O) groups excluding carboxylic acids is 1. The first-order valence-electron chi connectivity index (χ1n) is 6.54. The standard InChI is InChI=1S/C13H9ClF3N5OS/c1-5-3-6(2)8(7(14)4-5)18-9(23)10-21-22-11(13(15,16)17)19-20-12(22)24-10/h3-4H,1-2H3,(H,18,23). The van der Waals surface area contributed by atoms with Gasteiger partial charge in [0, 0.05) is 0 Å². The van der Waals surface area contributed by atoms with Crippen LogP contribution in [0.15, 0.2) is 12.1 Å². The van der Waals surface area contributed by atoms with Crippen LogP contribution in [0.4, 0.5) is 18.9 Å². The highest BCUT2D eigenvalue weighted by molar-refractivity contribution is 7.18. The van der Waals surface area contributed by atoms with E-state index in [1.54, 1.807) is 13.0 Å². The molecule has 126 valence electrons. The minimum absolute atomic E-state index is 0.126. The van der Waals surface area contributed by atoms with Crippen molar-refractivity contribution in [2.24, 2.45) is 0 Å². The lowest BCUT2D eigenvalue weighted by molar-refractivity contribution is -0.146. The third-order valence-electron chi connectivity index (χ3n) is 3.11. The summed E-state index contributed by atoms with van der Waals surface area (Å²) in [6.07, 6.45) is -4.71. The Morgan fingerprint density at radius 3 is 2.62 bits per heavy atom. The SMILES string of the molecule is Cc1cc(C)c(NC(=O)c2nn3c(C(F)(F)F)nnc3s2)c(Cl)c1. The summed E-state index contributed by atoms with van der Waals surface area (Å²) < 4.78 is 38.8. The molecule has 0 aliphatic carbocycles. The number of nitrogens with zero attached hydrogens (tertiary/aromatic N) is 4. The first-order chi connectivity index (χ1) is 11.2. The highest BCUT2D eigenvalue weighted by Crippen LogP contribution is 2.30. The number of anilines is 1. The first kappa shape index (κ1) is 16.7. The number of hydrogen-bond donors (Lipinski definition) is 1. The summed E-state index contributed by atoms with van der Waals surface area (Å²) in [6, 6.07) is 3.49. The molecule has 0 fully saturated rings. The second-order valence-corrected chi connectivity index (χ2v) is 6.38. The molecule has 0 spiro atoms. The summed E-state index contributed by atoms with van der Waals surface area (Å²) in [7, 11) is 0. The van der Waals surface area contributed by atoms with Crippen molar-refractivity contribution in [3.63, 3.8) is 0 Å². The fourth-order valence-corrected chi connectivity index (χ4v) is 3.23. The second kappa shape index (κ2) is 5.71. The lowest BCUT2D eigenvalue weighted by Gasteiger charge is -2.10. The van der Waals surface area contributed by atoms with Crippen molar-refractivity contribution in [2.45, 2.75) is 20.0 Å². The van der Waals surface area contributed by atoms with Crippen molar-refractivity contribution in [3.05, 3.63) is 39.1 Å². The van der Waals surface area contributed by atoms with E-state index in [4.69, 9.17) is 11.6 Å². The molecule has 2 heterocycles. The van der Waals surface area contributed by atoms with E-state index >= 15 is 0 Å². The molecule has 0 saturated heterocycles. The Balaban J connectivity index is 1.94. The normalized spacial score (nSPS) is 11.9. The minimum Gasteiger partial charge on any atom is -0.318 e. The van der Waals surface area contributed by atoms with E-state index in [2.05, 4.69) is 20.6 Å². The number of nitrogens with one attached hydrogen (secondary N) is 1. The smallest absolute Gasteiger partial charge is 0.318 e. The van der Waals surface area contributed by atoms with Crippen molar-refractivity contribution in [1.82, 2.24) is 19.8 Å². The maximum absolute atomic E-state index is 12.8. The molecule has 1 N–H and O–H groups in total. The summed E-state index contributed by atoms with van der Waals surface area (Å²) in [5.41, 5.74) is 2.03. The molecule has 0 saturated carbocycles. The monoisotopic (exact) mass is 375 g/mol. The van der Waals surface area contributed by atoms with Crippen molar-refractivity contribution in [1.29, 1.82) is 0 Å².